The molecule has 10 rings (SSSR count). The predicted octanol–water partition coefficient (Wildman–Crippen LogP) is 8.66. The summed E-state index contributed by atoms with van der Waals surface area (Å²) in [5.41, 5.74) is 2.70. The summed E-state index contributed by atoms with van der Waals surface area (Å²) in [6.07, 6.45) is 2.63. The van der Waals surface area contributed by atoms with Gasteiger partial charge >= 0.3 is 0 Å². The van der Waals surface area contributed by atoms with E-state index in [-0.39, 0.29) is 70.6 Å². The molecule has 2 aliphatic carbocycles. The summed E-state index contributed by atoms with van der Waals surface area (Å²) in [6.45, 7) is 6.01. The molecule has 1 N–H and O–H groups in total. The van der Waals surface area contributed by atoms with Crippen LogP contribution in [0, 0.1) is 35.9 Å². The van der Waals surface area contributed by atoms with Crippen LogP contribution in [0.15, 0.2) is 36.5 Å². The van der Waals surface area contributed by atoms with E-state index in [1.54, 1.807) is 29.1 Å². The number of amides is 1. The number of pyridine rings is 1. The number of benzene rings is 2. The molecule has 0 spiro atoms. The molecule has 2 aromatic carbocycles. The van der Waals surface area contributed by atoms with Crippen molar-refractivity contribution < 1.29 is 18.0 Å². The summed E-state index contributed by atoms with van der Waals surface area (Å²) >= 11 is 13.1. The van der Waals surface area contributed by atoms with Gasteiger partial charge in [0.2, 0.25) is 12.3 Å². The van der Waals surface area contributed by atoms with Gasteiger partial charge in [0.15, 0.2) is 5.82 Å². The van der Waals surface area contributed by atoms with Crippen molar-refractivity contribution in [1.29, 1.82) is 5.26 Å². The fourth-order valence-corrected chi connectivity index (χ4v) is 9.45. The molecule has 3 aliphatic heterocycles. The van der Waals surface area contributed by atoms with E-state index in [0.717, 1.165) is 42.4 Å². The molecule has 3 saturated heterocycles. The van der Waals surface area contributed by atoms with Gasteiger partial charge < -0.3 is 14.8 Å². The van der Waals surface area contributed by atoms with Gasteiger partial charge in [-0.2, -0.15) is 5.26 Å². The Morgan fingerprint density at radius 3 is 2.65 bits per heavy atom. The average Bonchev–Trinajstić information content (AvgIpc) is 3.65. The number of nitrogens with zero attached hydrogens (tertiary/aromatic N) is 7. The van der Waals surface area contributed by atoms with Crippen LogP contribution >= 0.6 is 23.2 Å². The topological polar surface area (TPSA) is 105 Å². The van der Waals surface area contributed by atoms with Gasteiger partial charge in [-0.15, -0.1) is 5.10 Å². The highest BCUT2D eigenvalue weighted by Gasteiger charge is 2.51. The first kappa shape index (κ1) is 35.5. The van der Waals surface area contributed by atoms with E-state index < -0.39 is 17.7 Å². The lowest BCUT2D eigenvalue weighted by molar-refractivity contribution is -0.133. The van der Waals surface area contributed by atoms with Crippen LogP contribution < -0.4 is 5.32 Å². The number of fused-ring (bicyclic) bond motifs is 4. The lowest BCUT2D eigenvalue weighted by Gasteiger charge is -2.39. The first-order valence-electron chi connectivity index (χ1n) is 18.6. The zero-order chi connectivity index (χ0) is 37.8. The smallest absolute Gasteiger partial charge is 0.249 e. The van der Waals surface area contributed by atoms with Crippen molar-refractivity contribution >= 4 is 50.9 Å². The van der Waals surface area contributed by atoms with Crippen molar-refractivity contribution in [3.05, 3.63) is 75.0 Å². The standard InChI is InChI=1S/C40H39Cl2F3N8O/c1-19-25-15-30(29-14-23(17-51(29)38(54)20-9-10-20)52-18-31(49-50-52)40(2,3)39(44)45)53(36-22-13-28(36)47-16-22)37(25)26-12-21(6-5-11-46)32(34(43)35(26)48-19)24-7-4-8-27(41)33(24)42/h4,7-8,12,15,18,20,22-23,28-29,36,39,47H,5-6,9-10,13-14,16-17H2,1-3H3/t22?,23-,28?,29+,36-/m0/s1. The predicted molar refractivity (Wildman–Crippen MR) is 200 cm³/mol. The third-order valence-electron chi connectivity index (χ3n) is 12.4. The van der Waals surface area contributed by atoms with E-state index in [9.17, 15) is 18.8 Å². The molecule has 14 heteroatoms. The summed E-state index contributed by atoms with van der Waals surface area (Å²) in [7, 11) is 0. The molecule has 2 saturated carbocycles. The Balaban J connectivity index is 1.25. The fraction of sp³-hybridized carbons (Fsp3) is 0.475. The Kier molecular flexibility index (Phi) is 8.52. The molecule has 6 heterocycles. The van der Waals surface area contributed by atoms with Crippen molar-refractivity contribution in [2.75, 3.05) is 13.1 Å². The molecular weight excluding hydrogens is 736 g/mol. The highest BCUT2D eigenvalue weighted by atomic mass is 35.5. The second kappa shape index (κ2) is 13.0. The number of nitrogens with one attached hydrogen (secondary N) is 1. The molecule has 9 nitrogen and oxygen atoms in total. The lowest BCUT2D eigenvalue weighted by atomic mass is 9.79. The molecule has 5 aromatic rings. The summed E-state index contributed by atoms with van der Waals surface area (Å²) in [4.78, 5) is 20.9. The number of hydrogen-bond donors (Lipinski definition) is 1. The minimum absolute atomic E-state index is 0.0486. The Labute approximate surface area is 320 Å². The van der Waals surface area contributed by atoms with Crippen molar-refractivity contribution in [2.24, 2.45) is 11.8 Å². The maximum atomic E-state index is 17.2. The number of likely N-dealkylation sites (tertiary alicyclic amines) is 1. The normalized spacial score (nSPS) is 23.9. The second-order valence-electron chi connectivity index (χ2n) is 16.1. The van der Waals surface area contributed by atoms with Gasteiger partial charge in [0, 0.05) is 71.0 Å². The minimum Gasteiger partial charge on any atom is -0.337 e. The van der Waals surface area contributed by atoms with E-state index in [1.165, 1.54) is 13.8 Å². The highest BCUT2D eigenvalue weighted by Crippen LogP contribution is 2.52. The van der Waals surface area contributed by atoms with Crippen molar-refractivity contribution in [1.82, 2.24) is 34.8 Å². The maximum Gasteiger partial charge on any atom is 0.249 e. The molecule has 280 valence electrons. The SMILES string of the molecule is Cc1nc2c(F)c(-c3cccc(Cl)c3Cl)c(CCC#N)cc2c2c1cc([C@H]1C[C@H](n3cc(C(C)(C)C(F)F)nn3)CN1C(=O)C1CC1)n2[C@H]1C2CNC1C2. The van der Waals surface area contributed by atoms with Gasteiger partial charge in [0.25, 0.3) is 0 Å². The zero-order valence-corrected chi connectivity index (χ0v) is 31.6. The number of nitriles is 1. The average molecular weight is 776 g/mol. The van der Waals surface area contributed by atoms with Crippen molar-refractivity contribution in [2.45, 2.75) is 95.3 Å². The van der Waals surface area contributed by atoms with Gasteiger partial charge in [-0.05, 0) is 82.6 Å². The van der Waals surface area contributed by atoms with Gasteiger partial charge in [-0.25, -0.2) is 22.8 Å². The van der Waals surface area contributed by atoms with E-state index >= 15 is 4.39 Å². The maximum absolute atomic E-state index is 17.2. The Bertz CT molecular complexity index is 2380. The third-order valence-corrected chi connectivity index (χ3v) is 13.2. The highest BCUT2D eigenvalue weighted by molar-refractivity contribution is 6.43. The van der Waals surface area contributed by atoms with E-state index in [4.69, 9.17) is 28.2 Å². The van der Waals surface area contributed by atoms with Gasteiger partial charge in [-0.3, -0.25) is 4.79 Å². The van der Waals surface area contributed by atoms with Gasteiger partial charge in [0.1, 0.15) is 5.52 Å². The van der Waals surface area contributed by atoms with E-state index in [1.807, 2.05) is 17.9 Å². The van der Waals surface area contributed by atoms with Gasteiger partial charge in [0.05, 0.1) is 50.9 Å². The molecule has 5 fully saturated rings. The number of aryl methyl sites for hydroxylation is 2. The molecule has 1 amide bonds. The molecule has 2 bridgehead atoms. The van der Waals surface area contributed by atoms with Crippen LogP contribution in [-0.4, -0.2) is 60.9 Å². The fourth-order valence-electron chi connectivity index (χ4n) is 9.05. The molecule has 5 aliphatic rings. The summed E-state index contributed by atoms with van der Waals surface area (Å²) in [5.74, 6) is -0.152. The largest absolute Gasteiger partial charge is 0.337 e. The quantitative estimate of drug-likeness (QED) is 0.161. The number of carbonyl (C=O) groups is 1. The molecule has 0 radical (unpaired) electrons. The minimum atomic E-state index is -2.62. The lowest BCUT2D eigenvalue weighted by Crippen LogP contribution is -2.41. The van der Waals surface area contributed by atoms with Gasteiger partial charge in [-0.1, -0.05) is 40.5 Å². The number of aromatic nitrogens is 5. The molecule has 54 heavy (non-hydrogen) atoms. The number of hydrogen-bond acceptors (Lipinski definition) is 6. The van der Waals surface area contributed by atoms with Crippen LogP contribution in [0.4, 0.5) is 13.2 Å². The number of alkyl halides is 2. The Morgan fingerprint density at radius 1 is 1.17 bits per heavy atom. The van der Waals surface area contributed by atoms with Crippen LogP contribution in [0.25, 0.3) is 32.9 Å². The number of rotatable bonds is 9. The number of halogens is 5. The van der Waals surface area contributed by atoms with E-state index in [2.05, 4.69) is 32.3 Å². The zero-order valence-electron chi connectivity index (χ0n) is 30.1. The summed E-state index contributed by atoms with van der Waals surface area (Å²) < 4.78 is 49.1. The summed E-state index contributed by atoms with van der Waals surface area (Å²) in [5, 5.41) is 23.8. The second-order valence-corrected chi connectivity index (χ2v) is 16.8. The Morgan fingerprint density at radius 2 is 1.96 bits per heavy atom. The van der Waals surface area contributed by atoms with E-state index in [0.29, 0.717) is 46.1 Å². The molecule has 2 unspecified atom stereocenters. The third kappa shape index (κ3) is 5.44. The molecule has 3 aromatic heterocycles. The van der Waals surface area contributed by atoms with Crippen molar-refractivity contribution in [3.63, 3.8) is 0 Å². The van der Waals surface area contributed by atoms with Crippen LogP contribution in [-0.2, 0) is 16.6 Å². The molecular formula is C40H39Cl2F3N8O. The molecule has 5 atom stereocenters. The van der Waals surface area contributed by atoms with Crippen molar-refractivity contribution in [3.8, 4) is 17.2 Å². The van der Waals surface area contributed by atoms with Crippen LogP contribution in [0.3, 0.4) is 0 Å². The van der Waals surface area contributed by atoms with Crippen LogP contribution in [0.1, 0.15) is 86.7 Å². The summed E-state index contributed by atoms with van der Waals surface area (Å²) in [6, 6.07) is 11.0. The first-order valence-corrected chi connectivity index (χ1v) is 19.4. The van der Waals surface area contributed by atoms with Crippen LogP contribution in [0.2, 0.25) is 10.0 Å². The monoisotopic (exact) mass is 774 g/mol. The Hall–Kier alpha value is -4.18. The first-order chi connectivity index (χ1) is 25.9. The van der Waals surface area contributed by atoms with Crippen LogP contribution in [0.5, 0.6) is 0 Å². The number of carbonyl (C=O) groups excluding carboxylic acids is 1.